The molecule has 2 unspecified atom stereocenters. The zero-order chi connectivity index (χ0) is 14.8. The summed E-state index contributed by atoms with van der Waals surface area (Å²) in [5.41, 5.74) is 7.23. The average Bonchev–Trinajstić information content (AvgIpc) is 2.95. The Labute approximate surface area is 124 Å². The van der Waals surface area contributed by atoms with Crippen molar-refractivity contribution >= 4 is 0 Å². The number of para-hydroxylation sites is 1. The molecule has 2 heterocycles. The van der Waals surface area contributed by atoms with E-state index in [2.05, 4.69) is 30.1 Å². The fourth-order valence-corrected chi connectivity index (χ4v) is 2.76. The zero-order valence-corrected chi connectivity index (χ0v) is 12.5. The maximum absolute atomic E-state index is 6.11. The number of hydrogen-bond donors (Lipinski definition) is 1. The van der Waals surface area contributed by atoms with Gasteiger partial charge in [0, 0.05) is 5.56 Å². The van der Waals surface area contributed by atoms with Crippen molar-refractivity contribution in [2.75, 3.05) is 6.61 Å². The second kappa shape index (κ2) is 5.85. The first-order chi connectivity index (χ1) is 10.1. The number of rotatable bonds is 4. The zero-order valence-electron chi connectivity index (χ0n) is 12.5. The van der Waals surface area contributed by atoms with Crippen molar-refractivity contribution in [2.24, 2.45) is 11.7 Å². The highest BCUT2D eigenvalue weighted by atomic mass is 16.5. The first kappa shape index (κ1) is 14.1. The summed E-state index contributed by atoms with van der Waals surface area (Å²) in [6.45, 7) is 4.93. The molecule has 0 amide bonds. The van der Waals surface area contributed by atoms with Crippen LogP contribution in [0.25, 0.3) is 0 Å². The van der Waals surface area contributed by atoms with Crippen molar-refractivity contribution in [3.05, 3.63) is 41.5 Å². The van der Waals surface area contributed by atoms with Gasteiger partial charge in [-0.2, -0.15) is 4.98 Å². The van der Waals surface area contributed by atoms with Crippen LogP contribution in [-0.2, 0) is 0 Å². The van der Waals surface area contributed by atoms with E-state index < -0.39 is 0 Å². The van der Waals surface area contributed by atoms with Crippen LogP contribution in [0.1, 0.15) is 55.9 Å². The number of benzene rings is 1. The molecule has 21 heavy (non-hydrogen) atoms. The van der Waals surface area contributed by atoms with E-state index in [-0.39, 0.29) is 12.0 Å². The monoisotopic (exact) mass is 287 g/mol. The second-order valence-electron chi connectivity index (χ2n) is 5.95. The molecule has 112 valence electrons. The van der Waals surface area contributed by atoms with Crippen molar-refractivity contribution in [1.82, 2.24) is 10.1 Å². The Kier molecular flexibility index (Phi) is 3.92. The highest BCUT2D eigenvalue weighted by Crippen LogP contribution is 2.36. The number of nitrogens with zero attached hydrogens (tertiary/aromatic N) is 2. The minimum atomic E-state index is -0.193. The van der Waals surface area contributed by atoms with Crippen LogP contribution < -0.4 is 10.5 Å². The van der Waals surface area contributed by atoms with Crippen LogP contribution in [0.15, 0.2) is 28.8 Å². The third-order valence-electron chi connectivity index (χ3n) is 3.77. The Balaban J connectivity index is 1.84. The third-order valence-corrected chi connectivity index (χ3v) is 3.77. The highest BCUT2D eigenvalue weighted by molar-refractivity contribution is 5.40. The summed E-state index contributed by atoms with van der Waals surface area (Å²) in [4.78, 5) is 4.53. The van der Waals surface area contributed by atoms with E-state index >= 15 is 0 Å². The van der Waals surface area contributed by atoms with Crippen molar-refractivity contribution < 1.29 is 9.26 Å². The van der Waals surface area contributed by atoms with Gasteiger partial charge < -0.3 is 15.0 Å². The molecule has 0 spiro atoms. The first-order valence-electron chi connectivity index (χ1n) is 7.46. The molecule has 0 aliphatic carbocycles. The van der Waals surface area contributed by atoms with E-state index in [4.69, 9.17) is 15.0 Å². The molecule has 1 aliphatic heterocycles. The van der Waals surface area contributed by atoms with Crippen LogP contribution >= 0.6 is 0 Å². The molecule has 2 aromatic rings. The second-order valence-corrected chi connectivity index (χ2v) is 5.95. The van der Waals surface area contributed by atoms with Crippen molar-refractivity contribution in [3.63, 3.8) is 0 Å². The van der Waals surface area contributed by atoms with E-state index in [1.807, 2.05) is 18.2 Å². The van der Waals surface area contributed by atoms with E-state index in [1.54, 1.807) is 0 Å². The van der Waals surface area contributed by atoms with E-state index in [0.717, 1.165) is 24.2 Å². The average molecular weight is 287 g/mol. The van der Waals surface area contributed by atoms with Gasteiger partial charge in [-0.1, -0.05) is 37.2 Å². The summed E-state index contributed by atoms with van der Waals surface area (Å²) in [5.74, 6) is 2.77. The molecule has 0 fully saturated rings. The van der Waals surface area contributed by atoms with Crippen LogP contribution in [0.3, 0.4) is 0 Å². The third kappa shape index (κ3) is 2.93. The number of nitrogens with two attached hydrogens (primary N) is 1. The van der Waals surface area contributed by atoms with E-state index in [1.165, 1.54) is 0 Å². The van der Waals surface area contributed by atoms with Crippen LogP contribution in [0.2, 0.25) is 0 Å². The predicted octanol–water partition coefficient (Wildman–Crippen LogP) is 3.03. The SMILES string of the molecule is CC(C)CC(N)c1nc(C2CCOc3ccccc32)no1. The van der Waals surface area contributed by atoms with Crippen molar-refractivity contribution in [1.29, 1.82) is 0 Å². The fraction of sp³-hybridized carbons (Fsp3) is 0.500. The van der Waals surface area contributed by atoms with Crippen molar-refractivity contribution in [3.8, 4) is 5.75 Å². The molecule has 5 heteroatoms. The minimum Gasteiger partial charge on any atom is -0.493 e. The Morgan fingerprint density at radius 3 is 2.95 bits per heavy atom. The Bertz CT molecular complexity index is 609. The van der Waals surface area contributed by atoms with Gasteiger partial charge in [-0.05, 0) is 24.8 Å². The molecule has 0 radical (unpaired) electrons. The number of aromatic nitrogens is 2. The molecule has 0 saturated carbocycles. The summed E-state index contributed by atoms with van der Waals surface area (Å²) in [6, 6.07) is 7.82. The van der Waals surface area contributed by atoms with Gasteiger partial charge in [-0.3, -0.25) is 0 Å². The van der Waals surface area contributed by atoms with Gasteiger partial charge >= 0.3 is 0 Å². The molecular weight excluding hydrogens is 266 g/mol. The number of fused-ring (bicyclic) bond motifs is 1. The largest absolute Gasteiger partial charge is 0.493 e. The number of ether oxygens (including phenoxy) is 1. The van der Waals surface area contributed by atoms with Crippen molar-refractivity contribution in [2.45, 2.75) is 38.6 Å². The van der Waals surface area contributed by atoms with E-state index in [0.29, 0.717) is 24.2 Å². The lowest BCUT2D eigenvalue weighted by Crippen LogP contribution is -2.17. The summed E-state index contributed by atoms with van der Waals surface area (Å²) in [6.07, 6.45) is 1.70. The van der Waals surface area contributed by atoms with Crippen LogP contribution in [0, 0.1) is 5.92 Å². The molecule has 1 aliphatic rings. The van der Waals surface area contributed by atoms with Crippen LogP contribution in [0.4, 0.5) is 0 Å². The molecule has 3 rings (SSSR count). The molecule has 5 nitrogen and oxygen atoms in total. The lowest BCUT2D eigenvalue weighted by Gasteiger charge is -2.23. The maximum Gasteiger partial charge on any atom is 0.243 e. The Hall–Kier alpha value is -1.88. The molecule has 2 atom stereocenters. The Morgan fingerprint density at radius 2 is 2.14 bits per heavy atom. The number of hydrogen-bond acceptors (Lipinski definition) is 5. The molecule has 0 bridgehead atoms. The van der Waals surface area contributed by atoms with E-state index in [9.17, 15) is 0 Å². The van der Waals surface area contributed by atoms with Gasteiger partial charge in [0.15, 0.2) is 5.82 Å². The quantitative estimate of drug-likeness (QED) is 0.935. The van der Waals surface area contributed by atoms with Gasteiger partial charge in [0.1, 0.15) is 5.75 Å². The fourth-order valence-electron chi connectivity index (χ4n) is 2.76. The highest BCUT2D eigenvalue weighted by Gasteiger charge is 2.28. The predicted molar refractivity (Wildman–Crippen MR) is 79.1 cm³/mol. The molecule has 1 aromatic heterocycles. The summed E-state index contributed by atoms with van der Waals surface area (Å²) < 4.78 is 11.0. The maximum atomic E-state index is 6.11. The normalized spacial score (nSPS) is 19.1. The van der Waals surface area contributed by atoms with Gasteiger partial charge in [0.25, 0.3) is 0 Å². The topological polar surface area (TPSA) is 74.2 Å². The van der Waals surface area contributed by atoms with Gasteiger partial charge in [-0.15, -0.1) is 0 Å². The lowest BCUT2D eigenvalue weighted by molar-refractivity contribution is 0.271. The van der Waals surface area contributed by atoms with Gasteiger partial charge in [-0.25, -0.2) is 0 Å². The van der Waals surface area contributed by atoms with Gasteiger partial charge in [0.2, 0.25) is 5.89 Å². The van der Waals surface area contributed by atoms with Crippen LogP contribution in [-0.4, -0.2) is 16.7 Å². The molecular formula is C16H21N3O2. The minimum absolute atomic E-state index is 0.124. The molecule has 1 aromatic carbocycles. The standard InChI is InChI=1S/C16H21N3O2/c1-10(2)9-13(17)16-18-15(19-21-16)12-7-8-20-14-6-4-3-5-11(12)14/h3-6,10,12-13H,7-9,17H2,1-2H3. The van der Waals surface area contributed by atoms with Gasteiger partial charge in [0.05, 0.1) is 18.6 Å². The summed E-state index contributed by atoms with van der Waals surface area (Å²) in [5, 5.41) is 4.15. The molecule has 0 saturated heterocycles. The van der Waals surface area contributed by atoms with Crippen LogP contribution in [0.5, 0.6) is 5.75 Å². The lowest BCUT2D eigenvalue weighted by atomic mass is 9.92. The molecule has 2 N–H and O–H groups in total. The summed E-state index contributed by atoms with van der Waals surface area (Å²) in [7, 11) is 0. The first-order valence-corrected chi connectivity index (χ1v) is 7.46. The smallest absolute Gasteiger partial charge is 0.243 e. The Morgan fingerprint density at radius 1 is 1.33 bits per heavy atom. The summed E-state index contributed by atoms with van der Waals surface area (Å²) >= 11 is 0.